The van der Waals surface area contributed by atoms with Crippen LogP contribution in [0.5, 0.6) is 0 Å². The van der Waals surface area contributed by atoms with Crippen molar-refractivity contribution in [3.8, 4) is 0 Å². The van der Waals surface area contributed by atoms with Crippen LogP contribution in [0, 0.1) is 10.1 Å². The molecule has 0 radical (unpaired) electrons. The largest absolute Gasteiger partial charge is 0.385 e. The normalized spacial score (nSPS) is 11.1. The van der Waals surface area contributed by atoms with E-state index in [4.69, 9.17) is 0 Å². The standard InChI is InChI=1S/C11H13N5O4S/c1-2-12-8-3-4-11(10(5-8)16(17)18)21(19,20)15-9-6-13-14-7-9/h3-7,12,15H,2H2,1H3,(H,13,14). The van der Waals surface area contributed by atoms with Gasteiger partial charge in [-0.15, -0.1) is 0 Å². The predicted octanol–water partition coefficient (Wildman–Crippen LogP) is 1.55. The molecule has 0 aliphatic carbocycles. The third-order valence-corrected chi connectivity index (χ3v) is 4.01. The minimum Gasteiger partial charge on any atom is -0.385 e. The Labute approximate surface area is 120 Å². The smallest absolute Gasteiger partial charge is 0.291 e. The van der Waals surface area contributed by atoms with Crippen LogP contribution in [0.1, 0.15) is 6.92 Å². The number of aromatic amines is 1. The number of H-pyrrole nitrogens is 1. The highest BCUT2D eigenvalue weighted by Gasteiger charge is 2.26. The van der Waals surface area contributed by atoms with E-state index in [9.17, 15) is 18.5 Å². The average Bonchev–Trinajstić information content (AvgIpc) is 2.91. The summed E-state index contributed by atoms with van der Waals surface area (Å²) in [4.78, 5) is 9.96. The Morgan fingerprint density at radius 3 is 2.71 bits per heavy atom. The molecule has 0 unspecified atom stereocenters. The van der Waals surface area contributed by atoms with Crippen molar-refractivity contribution in [3.05, 3.63) is 40.7 Å². The molecule has 0 aliphatic heterocycles. The molecule has 0 saturated heterocycles. The van der Waals surface area contributed by atoms with E-state index in [0.29, 0.717) is 12.2 Å². The zero-order valence-corrected chi connectivity index (χ0v) is 11.8. The SMILES string of the molecule is CCNc1ccc(S(=O)(=O)Nc2cn[nH]c2)c([N+](=O)[O-])c1. The van der Waals surface area contributed by atoms with Crippen LogP contribution in [-0.2, 0) is 10.0 Å². The fourth-order valence-corrected chi connectivity index (χ4v) is 2.91. The van der Waals surface area contributed by atoms with Gasteiger partial charge in [0.25, 0.3) is 15.7 Å². The maximum absolute atomic E-state index is 12.2. The van der Waals surface area contributed by atoms with Crippen LogP contribution >= 0.6 is 0 Å². The number of benzene rings is 1. The number of nitrogens with zero attached hydrogens (tertiary/aromatic N) is 2. The van der Waals surface area contributed by atoms with E-state index < -0.39 is 25.5 Å². The number of nitrogens with one attached hydrogen (secondary N) is 3. The van der Waals surface area contributed by atoms with Gasteiger partial charge in [0.1, 0.15) is 0 Å². The van der Waals surface area contributed by atoms with Gasteiger partial charge in [-0.3, -0.25) is 19.9 Å². The summed E-state index contributed by atoms with van der Waals surface area (Å²) in [6, 6.07) is 3.85. The summed E-state index contributed by atoms with van der Waals surface area (Å²) in [7, 11) is -4.07. The highest BCUT2D eigenvalue weighted by molar-refractivity contribution is 7.92. The fourth-order valence-electron chi connectivity index (χ4n) is 1.72. The molecule has 0 fully saturated rings. The lowest BCUT2D eigenvalue weighted by molar-refractivity contribution is -0.387. The van der Waals surface area contributed by atoms with Gasteiger partial charge in [-0.05, 0) is 19.1 Å². The summed E-state index contributed by atoms with van der Waals surface area (Å²) in [5.41, 5.74) is 0.177. The van der Waals surface area contributed by atoms with Gasteiger partial charge >= 0.3 is 0 Å². The number of hydrogen-bond acceptors (Lipinski definition) is 6. The summed E-state index contributed by atoms with van der Waals surface area (Å²) >= 11 is 0. The molecule has 2 rings (SSSR count). The lowest BCUT2D eigenvalue weighted by atomic mass is 10.3. The molecular formula is C11H13N5O4S. The molecule has 9 nitrogen and oxygen atoms in total. The molecule has 0 spiro atoms. The molecule has 1 aromatic heterocycles. The van der Waals surface area contributed by atoms with Crippen molar-refractivity contribution in [2.75, 3.05) is 16.6 Å². The Balaban J connectivity index is 2.44. The molecule has 3 N–H and O–H groups in total. The number of rotatable bonds is 6. The summed E-state index contributed by atoms with van der Waals surface area (Å²) < 4.78 is 26.6. The molecule has 1 heterocycles. The van der Waals surface area contributed by atoms with Crippen molar-refractivity contribution in [1.82, 2.24) is 10.2 Å². The van der Waals surface area contributed by atoms with Gasteiger partial charge in [0.15, 0.2) is 4.90 Å². The Hall–Kier alpha value is -2.62. The fraction of sp³-hybridized carbons (Fsp3) is 0.182. The Bertz CT molecular complexity index is 742. The molecule has 0 amide bonds. The molecule has 1 aromatic carbocycles. The summed E-state index contributed by atoms with van der Waals surface area (Å²) in [5.74, 6) is 0. The maximum Gasteiger partial charge on any atom is 0.291 e. The van der Waals surface area contributed by atoms with E-state index >= 15 is 0 Å². The monoisotopic (exact) mass is 311 g/mol. The molecule has 0 atom stereocenters. The van der Waals surface area contributed by atoms with E-state index in [0.717, 1.165) is 0 Å². The molecule has 112 valence electrons. The number of anilines is 2. The lowest BCUT2D eigenvalue weighted by Crippen LogP contribution is -2.14. The van der Waals surface area contributed by atoms with Crippen molar-refractivity contribution in [3.63, 3.8) is 0 Å². The molecule has 10 heteroatoms. The number of hydrogen-bond donors (Lipinski definition) is 3. The second-order valence-corrected chi connectivity index (χ2v) is 5.71. The van der Waals surface area contributed by atoms with Gasteiger partial charge in [-0.2, -0.15) is 5.10 Å². The van der Waals surface area contributed by atoms with Gasteiger partial charge in [0.2, 0.25) is 0 Å². The molecule has 21 heavy (non-hydrogen) atoms. The summed E-state index contributed by atoms with van der Waals surface area (Å²) in [6.07, 6.45) is 2.59. The Kier molecular flexibility index (Phi) is 4.08. The molecule has 0 saturated carbocycles. The van der Waals surface area contributed by atoms with Crippen molar-refractivity contribution in [2.24, 2.45) is 0 Å². The minimum absolute atomic E-state index is 0.194. The van der Waals surface area contributed by atoms with Crippen molar-refractivity contribution >= 4 is 27.1 Å². The van der Waals surface area contributed by atoms with Gasteiger partial charge in [-0.25, -0.2) is 8.42 Å². The van der Waals surface area contributed by atoms with Crippen molar-refractivity contribution in [2.45, 2.75) is 11.8 Å². The van der Waals surface area contributed by atoms with Crippen LogP contribution in [0.25, 0.3) is 0 Å². The number of nitro benzene ring substituents is 1. The third kappa shape index (κ3) is 3.28. The summed E-state index contributed by atoms with van der Waals surface area (Å²) in [5, 5.41) is 20.0. The first-order chi connectivity index (χ1) is 9.94. The minimum atomic E-state index is -4.07. The van der Waals surface area contributed by atoms with Crippen LogP contribution in [0.4, 0.5) is 17.1 Å². The summed E-state index contributed by atoms with van der Waals surface area (Å²) in [6.45, 7) is 2.40. The van der Waals surface area contributed by atoms with Gasteiger partial charge < -0.3 is 5.32 Å². The quantitative estimate of drug-likeness (QED) is 0.548. The second-order valence-electron chi connectivity index (χ2n) is 4.06. The first-order valence-corrected chi connectivity index (χ1v) is 7.46. The lowest BCUT2D eigenvalue weighted by Gasteiger charge is -2.08. The Morgan fingerprint density at radius 2 is 2.14 bits per heavy atom. The van der Waals surface area contributed by atoms with E-state index in [1.54, 1.807) is 0 Å². The second kappa shape index (κ2) is 5.79. The van der Waals surface area contributed by atoms with Crippen LogP contribution < -0.4 is 10.0 Å². The van der Waals surface area contributed by atoms with E-state index in [1.807, 2.05) is 6.92 Å². The van der Waals surface area contributed by atoms with Crippen LogP contribution in [0.2, 0.25) is 0 Å². The van der Waals surface area contributed by atoms with Crippen molar-refractivity contribution < 1.29 is 13.3 Å². The number of nitro groups is 1. The highest BCUT2D eigenvalue weighted by Crippen LogP contribution is 2.28. The van der Waals surface area contributed by atoms with Crippen LogP contribution in [-0.4, -0.2) is 30.1 Å². The van der Waals surface area contributed by atoms with Gasteiger partial charge in [0.05, 0.1) is 16.8 Å². The van der Waals surface area contributed by atoms with E-state index in [1.165, 1.54) is 30.6 Å². The predicted molar refractivity (Wildman–Crippen MR) is 76.7 cm³/mol. The molecule has 2 aromatic rings. The van der Waals surface area contributed by atoms with Crippen LogP contribution in [0.15, 0.2) is 35.5 Å². The zero-order valence-electron chi connectivity index (χ0n) is 11.0. The Morgan fingerprint density at radius 1 is 1.38 bits per heavy atom. The topological polar surface area (TPSA) is 130 Å². The first-order valence-electron chi connectivity index (χ1n) is 5.98. The average molecular weight is 311 g/mol. The van der Waals surface area contributed by atoms with E-state index in [2.05, 4.69) is 20.2 Å². The zero-order chi connectivity index (χ0) is 15.5. The maximum atomic E-state index is 12.2. The molecule has 0 bridgehead atoms. The number of sulfonamides is 1. The number of aromatic nitrogens is 2. The van der Waals surface area contributed by atoms with E-state index in [-0.39, 0.29) is 5.69 Å². The highest BCUT2D eigenvalue weighted by atomic mass is 32.2. The van der Waals surface area contributed by atoms with Gasteiger partial charge in [-0.1, -0.05) is 0 Å². The molecular weight excluding hydrogens is 298 g/mol. The third-order valence-electron chi connectivity index (χ3n) is 2.58. The molecule has 0 aliphatic rings. The first kappa shape index (κ1) is 14.8. The van der Waals surface area contributed by atoms with Crippen molar-refractivity contribution in [1.29, 1.82) is 0 Å². The van der Waals surface area contributed by atoms with Gasteiger partial charge in [0, 0.05) is 24.5 Å². The van der Waals surface area contributed by atoms with Crippen LogP contribution in [0.3, 0.4) is 0 Å².